The molecule has 0 bridgehead atoms. The molecule has 0 aromatic heterocycles. The van der Waals surface area contributed by atoms with E-state index in [4.69, 9.17) is 5.11 Å². The molecule has 2 saturated carbocycles. The smallest absolute Gasteiger partial charge is 0.315 e. The lowest BCUT2D eigenvalue weighted by Crippen LogP contribution is -2.45. The fourth-order valence-electron chi connectivity index (χ4n) is 4.08. The third kappa shape index (κ3) is 3.89. The van der Waals surface area contributed by atoms with Crippen molar-refractivity contribution in [1.82, 2.24) is 10.6 Å². The molecule has 0 aliphatic heterocycles. The van der Waals surface area contributed by atoms with Gasteiger partial charge in [0.05, 0.1) is 5.92 Å². The van der Waals surface area contributed by atoms with E-state index in [1.807, 2.05) is 0 Å². The molecule has 5 nitrogen and oxygen atoms in total. The standard InChI is InChI=1S/C16H28N2O3/c1-3-11-7-8-14(10(11)2)18-16(21)17-9-12-5-4-6-13(12)15(19)20/h10-14H,3-9H2,1-2H3,(H,19,20)(H2,17,18,21). The van der Waals surface area contributed by atoms with Crippen molar-refractivity contribution in [2.75, 3.05) is 6.54 Å². The van der Waals surface area contributed by atoms with Gasteiger partial charge in [0.2, 0.25) is 0 Å². The molecule has 2 fully saturated rings. The summed E-state index contributed by atoms with van der Waals surface area (Å²) in [6.07, 6.45) is 5.99. The van der Waals surface area contributed by atoms with Crippen LogP contribution < -0.4 is 10.6 Å². The molecular weight excluding hydrogens is 268 g/mol. The molecule has 2 aliphatic rings. The summed E-state index contributed by atoms with van der Waals surface area (Å²) in [7, 11) is 0. The summed E-state index contributed by atoms with van der Waals surface area (Å²) in [5.74, 6) is 0.299. The van der Waals surface area contributed by atoms with Gasteiger partial charge >= 0.3 is 12.0 Å². The molecule has 0 saturated heterocycles. The van der Waals surface area contributed by atoms with Gasteiger partial charge in [-0.15, -0.1) is 0 Å². The molecule has 0 aromatic rings. The Morgan fingerprint density at radius 3 is 2.52 bits per heavy atom. The molecule has 21 heavy (non-hydrogen) atoms. The monoisotopic (exact) mass is 296 g/mol. The zero-order valence-electron chi connectivity index (χ0n) is 13.1. The minimum Gasteiger partial charge on any atom is -0.481 e. The second-order valence-corrected chi connectivity index (χ2v) is 6.70. The average molecular weight is 296 g/mol. The van der Waals surface area contributed by atoms with Crippen LogP contribution in [0.25, 0.3) is 0 Å². The van der Waals surface area contributed by atoms with E-state index in [-0.39, 0.29) is 23.9 Å². The Morgan fingerprint density at radius 1 is 1.14 bits per heavy atom. The maximum absolute atomic E-state index is 12.0. The lowest BCUT2D eigenvalue weighted by Gasteiger charge is -2.22. The summed E-state index contributed by atoms with van der Waals surface area (Å²) in [5.41, 5.74) is 0. The van der Waals surface area contributed by atoms with E-state index in [2.05, 4.69) is 24.5 Å². The third-order valence-corrected chi connectivity index (χ3v) is 5.57. The SMILES string of the molecule is CCC1CCC(NC(=O)NCC2CCCC2C(=O)O)C1C. The van der Waals surface area contributed by atoms with Crippen molar-refractivity contribution in [3.05, 3.63) is 0 Å². The zero-order valence-corrected chi connectivity index (χ0v) is 13.1. The fourth-order valence-corrected chi connectivity index (χ4v) is 4.08. The highest BCUT2D eigenvalue weighted by atomic mass is 16.4. The summed E-state index contributed by atoms with van der Waals surface area (Å²) in [5, 5.41) is 15.1. The lowest BCUT2D eigenvalue weighted by atomic mass is 9.93. The number of carboxylic acid groups (broad SMARTS) is 1. The van der Waals surface area contributed by atoms with E-state index in [9.17, 15) is 9.59 Å². The van der Waals surface area contributed by atoms with Crippen molar-refractivity contribution in [3.63, 3.8) is 0 Å². The van der Waals surface area contributed by atoms with Crippen LogP contribution in [0.5, 0.6) is 0 Å². The van der Waals surface area contributed by atoms with Crippen molar-refractivity contribution >= 4 is 12.0 Å². The van der Waals surface area contributed by atoms with Gasteiger partial charge in [0, 0.05) is 12.6 Å². The number of nitrogens with one attached hydrogen (secondary N) is 2. The number of carbonyl (C=O) groups excluding carboxylic acids is 1. The molecule has 0 spiro atoms. The summed E-state index contributed by atoms with van der Waals surface area (Å²) < 4.78 is 0. The number of hydrogen-bond acceptors (Lipinski definition) is 2. The van der Waals surface area contributed by atoms with Crippen LogP contribution in [0.2, 0.25) is 0 Å². The Hall–Kier alpha value is -1.26. The van der Waals surface area contributed by atoms with E-state index in [0.29, 0.717) is 18.4 Å². The second-order valence-electron chi connectivity index (χ2n) is 6.70. The summed E-state index contributed by atoms with van der Waals surface area (Å²) in [6.45, 7) is 4.89. The largest absolute Gasteiger partial charge is 0.481 e. The number of carbonyl (C=O) groups is 2. The topological polar surface area (TPSA) is 78.4 Å². The van der Waals surface area contributed by atoms with Crippen LogP contribution in [0, 0.1) is 23.7 Å². The van der Waals surface area contributed by atoms with Gasteiger partial charge in [0.1, 0.15) is 0 Å². The lowest BCUT2D eigenvalue weighted by molar-refractivity contribution is -0.142. The molecule has 5 heteroatoms. The third-order valence-electron chi connectivity index (χ3n) is 5.57. The predicted octanol–water partition coefficient (Wildman–Crippen LogP) is 2.61. The van der Waals surface area contributed by atoms with Crippen molar-refractivity contribution in [2.24, 2.45) is 23.7 Å². The number of aliphatic carboxylic acids is 1. The Morgan fingerprint density at radius 2 is 1.90 bits per heavy atom. The summed E-state index contributed by atoms with van der Waals surface area (Å²) in [4.78, 5) is 23.1. The number of urea groups is 1. The van der Waals surface area contributed by atoms with Crippen LogP contribution in [0.1, 0.15) is 52.4 Å². The van der Waals surface area contributed by atoms with Gasteiger partial charge in [0.15, 0.2) is 0 Å². The first-order chi connectivity index (χ1) is 10.0. The molecule has 2 aliphatic carbocycles. The number of amides is 2. The number of rotatable bonds is 5. The van der Waals surface area contributed by atoms with E-state index in [1.54, 1.807) is 0 Å². The molecule has 3 N–H and O–H groups in total. The summed E-state index contributed by atoms with van der Waals surface area (Å²) in [6, 6.07) is 0.119. The Bertz CT molecular complexity index is 386. The van der Waals surface area contributed by atoms with E-state index < -0.39 is 5.97 Å². The predicted molar refractivity (Wildman–Crippen MR) is 81.0 cm³/mol. The highest BCUT2D eigenvalue weighted by molar-refractivity contribution is 5.74. The van der Waals surface area contributed by atoms with Crippen LogP contribution in [-0.4, -0.2) is 29.7 Å². The van der Waals surface area contributed by atoms with Gasteiger partial charge in [-0.1, -0.05) is 26.7 Å². The van der Waals surface area contributed by atoms with Crippen molar-refractivity contribution in [3.8, 4) is 0 Å². The van der Waals surface area contributed by atoms with Gasteiger partial charge in [-0.05, 0) is 43.4 Å². The molecule has 2 rings (SSSR count). The molecule has 120 valence electrons. The van der Waals surface area contributed by atoms with Crippen molar-refractivity contribution < 1.29 is 14.7 Å². The quantitative estimate of drug-likeness (QED) is 0.729. The van der Waals surface area contributed by atoms with Crippen LogP contribution in [0.15, 0.2) is 0 Å². The fraction of sp³-hybridized carbons (Fsp3) is 0.875. The molecule has 0 radical (unpaired) electrons. The summed E-state index contributed by atoms with van der Waals surface area (Å²) >= 11 is 0. The number of carboxylic acids is 1. The average Bonchev–Trinajstić information content (AvgIpc) is 3.04. The van der Waals surface area contributed by atoms with Gasteiger partial charge in [-0.25, -0.2) is 4.79 Å². The highest BCUT2D eigenvalue weighted by Gasteiger charge is 2.34. The first-order valence-corrected chi connectivity index (χ1v) is 8.30. The maximum atomic E-state index is 12.0. The normalized spacial score (nSPS) is 35.6. The van der Waals surface area contributed by atoms with E-state index >= 15 is 0 Å². The minimum atomic E-state index is -0.727. The van der Waals surface area contributed by atoms with Crippen LogP contribution in [0.4, 0.5) is 4.79 Å². The minimum absolute atomic E-state index is 0.0811. The first kappa shape index (κ1) is 16.1. The van der Waals surface area contributed by atoms with Crippen LogP contribution >= 0.6 is 0 Å². The highest BCUT2D eigenvalue weighted by Crippen LogP contribution is 2.34. The Balaban J connectivity index is 1.74. The zero-order chi connectivity index (χ0) is 15.4. The first-order valence-electron chi connectivity index (χ1n) is 8.30. The van der Waals surface area contributed by atoms with E-state index in [0.717, 1.165) is 25.7 Å². The number of hydrogen-bond donors (Lipinski definition) is 3. The van der Waals surface area contributed by atoms with E-state index in [1.165, 1.54) is 12.8 Å². The second kappa shape index (κ2) is 7.14. The Kier molecular flexibility index (Phi) is 5.48. The van der Waals surface area contributed by atoms with Crippen molar-refractivity contribution in [1.29, 1.82) is 0 Å². The molecular formula is C16H28N2O3. The molecule has 5 atom stereocenters. The van der Waals surface area contributed by atoms with Crippen molar-refractivity contribution in [2.45, 2.75) is 58.4 Å². The van der Waals surface area contributed by atoms with Crippen LogP contribution in [-0.2, 0) is 4.79 Å². The van der Waals surface area contributed by atoms with Gasteiger partial charge in [0.25, 0.3) is 0 Å². The molecule has 2 amide bonds. The van der Waals surface area contributed by atoms with Gasteiger partial charge in [-0.2, -0.15) is 0 Å². The molecule has 0 aromatic carbocycles. The molecule has 5 unspecified atom stereocenters. The van der Waals surface area contributed by atoms with Gasteiger partial charge in [-0.3, -0.25) is 4.79 Å². The van der Waals surface area contributed by atoms with Gasteiger partial charge < -0.3 is 15.7 Å². The Labute approximate surface area is 126 Å². The molecule has 0 heterocycles. The maximum Gasteiger partial charge on any atom is 0.315 e. The van der Waals surface area contributed by atoms with Crippen LogP contribution in [0.3, 0.4) is 0 Å².